The number of rotatable bonds is 6. The third-order valence-electron chi connectivity index (χ3n) is 3.93. The van der Waals surface area contributed by atoms with Crippen molar-refractivity contribution in [2.24, 2.45) is 0 Å². The molecule has 9 nitrogen and oxygen atoms in total. The molecule has 0 aromatic heterocycles. The molecule has 0 fully saturated rings. The third kappa shape index (κ3) is 5.45. The van der Waals surface area contributed by atoms with E-state index in [4.69, 9.17) is 18.9 Å². The molecule has 0 aliphatic carbocycles. The number of esters is 1. The van der Waals surface area contributed by atoms with Gasteiger partial charge in [0.25, 0.3) is 11.8 Å². The highest BCUT2D eigenvalue weighted by molar-refractivity contribution is 5.92. The number of ether oxygens (including phenoxy) is 4. The molecule has 152 valence electrons. The number of amides is 2. The van der Waals surface area contributed by atoms with Crippen molar-refractivity contribution in [1.82, 2.24) is 10.9 Å². The summed E-state index contributed by atoms with van der Waals surface area (Å²) in [5.74, 6) is -0.967. The molecule has 1 aliphatic rings. The lowest BCUT2D eigenvalue weighted by atomic mass is 10.1. The van der Waals surface area contributed by atoms with E-state index in [1.807, 2.05) is 0 Å². The van der Waals surface area contributed by atoms with Gasteiger partial charge in [0.2, 0.25) is 6.10 Å². The minimum Gasteiger partial charge on any atom is -0.485 e. The summed E-state index contributed by atoms with van der Waals surface area (Å²) in [4.78, 5) is 36.0. The van der Waals surface area contributed by atoms with E-state index in [2.05, 4.69) is 10.9 Å². The molecule has 29 heavy (non-hydrogen) atoms. The Balaban J connectivity index is 1.42. The molecule has 2 aromatic carbocycles. The molecular weight excluding hydrogens is 380 g/mol. The van der Waals surface area contributed by atoms with Crippen molar-refractivity contribution >= 4 is 17.8 Å². The first-order chi connectivity index (χ1) is 14.1. The van der Waals surface area contributed by atoms with Crippen LogP contribution in [0.5, 0.6) is 11.5 Å². The quantitative estimate of drug-likeness (QED) is 0.549. The SMILES string of the molecule is COCc1cccc(C(=O)OCC(=O)NNC(=O)[C@@H]2COc3ccccc3O2)c1. The Morgan fingerprint density at radius 3 is 2.66 bits per heavy atom. The standard InChI is InChI=1S/C20H20N2O7/c1-26-10-13-5-4-6-14(9-13)20(25)28-12-18(23)21-22-19(24)17-11-27-15-7-2-3-8-16(15)29-17/h2-9,17H,10-12H2,1H3,(H,21,23)(H,22,24)/t17-/m0/s1. The average molecular weight is 400 g/mol. The normalized spacial score (nSPS) is 14.6. The summed E-state index contributed by atoms with van der Waals surface area (Å²) in [5.41, 5.74) is 5.49. The smallest absolute Gasteiger partial charge is 0.338 e. The third-order valence-corrected chi connectivity index (χ3v) is 3.93. The molecule has 3 rings (SSSR count). The lowest BCUT2D eigenvalue weighted by Crippen LogP contribution is -2.51. The van der Waals surface area contributed by atoms with Gasteiger partial charge in [-0.15, -0.1) is 0 Å². The van der Waals surface area contributed by atoms with Crippen molar-refractivity contribution in [2.75, 3.05) is 20.3 Å². The van der Waals surface area contributed by atoms with Gasteiger partial charge in [-0.05, 0) is 29.8 Å². The molecule has 0 saturated heterocycles. The second-order valence-corrected chi connectivity index (χ2v) is 6.11. The summed E-state index contributed by atoms with van der Waals surface area (Å²) in [6.07, 6.45) is -0.920. The number of carbonyl (C=O) groups excluding carboxylic acids is 3. The van der Waals surface area contributed by atoms with E-state index in [0.29, 0.717) is 23.7 Å². The van der Waals surface area contributed by atoms with Crippen LogP contribution in [0.25, 0.3) is 0 Å². The maximum Gasteiger partial charge on any atom is 0.338 e. The second kappa shape index (κ2) is 9.56. The van der Waals surface area contributed by atoms with Gasteiger partial charge in [0.1, 0.15) is 6.61 Å². The van der Waals surface area contributed by atoms with Crippen molar-refractivity contribution in [3.8, 4) is 11.5 Å². The van der Waals surface area contributed by atoms with Crippen molar-refractivity contribution in [2.45, 2.75) is 12.7 Å². The van der Waals surface area contributed by atoms with E-state index >= 15 is 0 Å². The maximum absolute atomic E-state index is 12.1. The molecule has 1 atom stereocenters. The molecule has 1 heterocycles. The molecule has 2 aromatic rings. The first kappa shape index (κ1) is 20.2. The summed E-state index contributed by atoms with van der Waals surface area (Å²) in [6.45, 7) is -0.199. The van der Waals surface area contributed by atoms with Gasteiger partial charge in [-0.2, -0.15) is 0 Å². The summed E-state index contributed by atoms with van der Waals surface area (Å²) >= 11 is 0. The number of hydrogen-bond acceptors (Lipinski definition) is 7. The molecule has 0 bridgehead atoms. The Morgan fingerprint density at radius 1 is 1.07 bits per heavy atom. The second-order valence-electron chi connectivity index (χ2n) is 6.11. The van der Waals surface area contributed by atoms with Gasteiger partial charge >= 0.3 is 5.97 Å². The summed E-state index contributed by atoms with van der Waals surface area (Å²) in [7, 11) is 1.55. The van der Waals surface area contributed by atoms with Crippen LogP contribution in [0, 0.1) is 0 Å². The van der Waals surface area contributed by atoms with Crippen LogP contribution in [-0.2, 0) is 25.7 Å². The largest absolute Gasteiger partial charge is 0.485 e. The van der Waals surface area contributed by atoms with E-state index in [-0.39, 0.29) is 6.61 Å². The first-order valence-corrected chi connectivity index (χ1v) is 8.79. The van der Waals surface area contributed by atoms with E-state index in [1.165, 1.54) is 0 Å². The molecule has 1 aliphatic heterocycles. The van der Waals surface area contributed by atoms with Crippen LogP contribution in [0.1, 0.15) is 15.9 Å². The van der Waals surface area contributed by atoms with Gasteiger partial charge in [-0.3, -0.25) is 20.4 Å². The molecular formula is C20H20N2O7. The molecule has 0 unspecified atom stereocenters. The molecule has 9 heteroatoms. The zero-order chi connectivity index (χ0) is 20.6. The predicted molar refractivity (Wildman–Crippen MR) is 100 cm³/mol. The van der Waals surface area contributed by atoms with Gasteiger partial charge < -0.3 is 18.9 Å². The fourth-order valence-corrected chi connectivity index (χ4v) is 2.57. The molecule has 2 amide bonds. The van der Waals surface area contributed by atoms with E-state index in [1.54, 1.807) is 55.6 Å². The summed E-state index contributed by atoms with van der Waals surface area (Å²) in [6, 6.07) is 13.6. The van der Waals surface area contributed by atoms with Crippen LogP contribution in [0.2, 0.25) is 0 Å². The minimum atomic E-state index is -0.920. The Morgan fingerprint density at radius 2 is 1.86 bits per heavy atom. The van der Waals surface area contributed by atoms with Crippen LogP contribution < -0.4 is 20.3 Å². The number of fused-ring (bicyclic) bond motifs is 1. The fourth-order valence-electron chi connectivity index (χ4n) is 2.57. The van der Waals surface area contributed by atoms with Gasteiger partial charge in [0.15, 0.2) is 18.1 Å². The van der Waals surface area contributed by atoms with E-state index < -0.39 is 30.5 Å². The zero-order valence-electron chi connectivity index (χ0n) is 15.7. The van der Waals surface area contributed by atoms with Gasteiger partial charge in [-0.25, -0.2) is 4.79 Å². The predicted octanol–water partition coefficient (Wildman–Crippen LogP) is 0.977. The van der Waals surface area contributed by atoms with Crippen LogP contribution >= 0.6 is 0 Å². The van der Waals surface area contributed by atoms with Gasteiger partial charge in [-0.1, -0.05) is 24.3 Å². The van der Waals surface area contributed by atoms with E-state index in [0.717, 1.165) is 5.56 Å². The molecule has 2 N–H and O–H groups in total. The first-order valence-electron chi connectivity index (χ1n) is 8.79. The van der Waals surface area contributed by atoms with E-state index in [9.17, 15) is 14.4 Å². The Hall–Kier alpha value is -3.59. The van der Waals surface area contributed by atoms with Crippen molar-refractivity contribution < 1.29 is 33.3 Å². The lowest BCUT2D eigenvalue weighted by Gasteiger charge is -2.25. The monoisotopic (exact) mass is 400 g/mol. The number of hydrogen-bond donors (Lipinski definition) is 2. The maximum atomic E-state index is 12.1. The van der Waals surface area contributed by atoms with Crippen molar-refractivity contribution in [3.05, 3.63) is 59.7 Å². The van der Waals surface area contributed by atoms with Crippen LogP contribution in [0.15, 0.2) is 48.5 Å². The van der Waals surface area contributed by atoms with Crippen LogP contribution in [-0.4, -0.2) is 44.2 Å². The molecule has 0 spiro atoms. The number of benzene rings is 2. The fraction of sp³-hybridized carbons (Fsp3) is 0.250. The highest BCUT2D eigenvalue weighted by atomic mass is 16.6. The van der Waals surface area contributed by atoms with Crippen LogP contribution in [0.4, 0.5) is 0 Å². The number of hydrazine groups is 1. The summed E-state index contributed by atoms with van der Waals surface area (Å²) < 4.78 is 20.9. The van der Waals surface area contributed by atoms with Crippen molar-refractivity contribution in [3.63, 3.8) is 0 Å². The van der Waals surface area contributed by atoms with Gasteiger partial charge in [0, 0.05) is 7.11 Å². The number of nitrogens with one attached hydrogen (secondary N) is 2. The van der Waals surface area contributed by atoms with Crippen molar-refractivity contribution in [1.29, 1.82) is 0 Å². The lowest BCUT2D eigenvalue weighted by molar-refractivity contribution is -0.135. The average Bonchev–Trinajstić information content (AvgIpc) is 2.75. The summed E-state index contributed by atoms with van der Waals surface area (Å²) in [5, 5.41) is 0. The Labute approximate surface area is 166 Å². The highest BCUT2D eigenvalue weighted by Gasteiger charge is 2.27. The number of methoxy groups -OCH3 is 1. The van der Waals surface area contributed by atoms with Gasteiger partial charge in [0.05, 0.1) is 12.2 Å². The Kier molecular flexibility index (Phi) is 6.64. The minimum absolute atomic E-state index is 0.00547. The number of carbonyl (C=O) groups is 3. The topological polar surface area (TPSA) is 112 Å². The number of para-hydroxylation sites is 2. The molecule has 0 radical (unpaired) electrons. The highest BCUT2D eigenvalue weighted by Crippen LogP contribution is 2.30. The van der Waals surface area contributed by atoms with Crippen LogP contribution in [0.3, 0.4) is 0 Å². The zero-order valence-corrected chi connectivity index (χ0v) is 15.7. The Bertz CT molecular complexity index is 900. The molecule has 0 saturated carbocycles.